The molecule has 0 saturated heterocycles. The maximum absolute atomic E-state index is 13.4. The van der Waals surface area contributed by atoms with Crippen LogP contribution in [0.3, 0.4) is 0 Å². The van der Waals surface area contributed by atoms with Crippen LogP contribution in [0, 0.1) is 0 Å². The monoisotopic (exact) mass is 471 g/mol. The molecule has 0 bridgehead atoms. The Hall–Kier alpha value is -2.78. The largest absolute Gasteiger partial charge is 0.489 e. The minimum Gasteiger partial charge on any atom is -0.489 e. The van der Waals surface area contributed by atoms with E-state index in [-0.39, 0.29) is 42.1 Å². The molecule has 1 aromatic heterocycles. The van der Waals surface area contributed by atoms with Gasteiger partial charge >= 0.3 is 0 Å². The molecule has 2 fully saturated rings. The van der Waals surface area contributed by atoms with Crippen LogP contribution in [0.2, 0.25) is 0 Å². The third kappa shape index (κ3) is 4.11. The first kappa shape index (κ1) is 23.0. The number of benzene rings is 1. The summed E-state index contributed by atoms with van der Waals surface area (Å²) >= 11 is 0. The van der Waals surface area contributed by atoms with Gasteiger partial charge in [0.15, 0.2) is 11.4 Å². The summed E-state index contributed by atoms with van der Waals surface area (Å²) in [4.78, 5) is 17.2. The van der Waals surface area contributed by atoms with Crippen LogP contribution in [-0.2, 0) is 0 Å². The lowest BCUT2D eigenvalue weighted by Gasteiger charge is -2.37. The molecule has 3 aliphatic rings. The molecule has 6 N–H and O–H groups in total. The van der Waals surface area contributed by atoms with Crippen molar-refractivity contribution < 1.29 is 24.1 Å². The van der Waals surface area contributed by atoms with Crippen molar-refractivity contribution >= 4 is 16.9 Å². The lowest BCUT2D eigenvalue weighted by Crippen LogP contribution is -2.47. The van der Waals surface area contributed by atoms with E-state index in [0.717, 1.165) is 44.1 Å². The van der Waals surface area contributed by atoms with E-state index in [2.05, 4.69) is 4.99 Å². The highest BCUT2D eigenvalue weighted by Crippen LogP contribution is 2.54. The van der Waals surface area contributed by atoms with E-state index in [1.54, 1.807) is 13.0 Å². The van der Waals surface area contributed by atoms with E-state index >= 15 is 0 Å². The second kappa shape index (κ2) is 8.78. The standard InChI is InChI=1S/C25H33N3O6/c1-25(31)9-4-7-14-20-18(34-23(14)25)12-19-21(22(20)32-13-5-2-3-6-13)16(30)11-17(33-19)15(29)8-10-28-24(26)27/h11-15,23,29,31H,2-10H2,1H3,(H4,26,27,28). The number of aliphatic hydroxyl groups is 2. The van der Waals surface area contributed by atoms with Crippen molar-refractivity contribution in [3.05, 3.63) is 33.7 Å². The average Bonchev–Trinajstić information content (AvgIpc) is 3.41. The quantitative estimate of drug-likeness (QED) is 0.370. The fourth-order valence-electron chi connectivity index (χ4n) is 5.71. The Balaban J connectivity index is 1.60. The van der Waals surface area contributed by atoms with Gasteiger partial charge in [-0.2, -0.15) is 0 Å². The topological polar surface area (TPSA) is 154 Å². The average molecular weight is 472 g/mol. The number of hydrogen-bond donors (Lipinski definition) is 4. The van der Waals surface area contributed by atoms with Gasteiger partial charge in [-0.05, 0) is 51.9 Å². The molecule has 4 unspecified atom stereocenters. The van der Waals surface area contributed by atoms with Gasteiger partial charge in [0.25, 0.3) is 0 Å². The maximum Gasteiger partial charge on any atom is 0.196 e. The number of rotatable bonds is 6. The third-order valence-corrected chi connectivity index (χ3v) is 7.41. The number of nitrogens with zero attached hydrogens (tertiary/aromatic N) is 1. The molecule has 9 nitrogen and oxygen atoms in total. The number of guanidine groups is 1. The Morgan fingerprint density at radius 2 is 2.03 bits per heavy atom. The SMILES string of the molecule is CC1(O)CCCC2c3c(cc4oc(C(O)CCN=C(N)N)cc(=O)c4c3OC3CCCC3)OC21. The summed E-state index contributed by atoms with van der Waals surface area (Å²) in [6, 6.07) is 3.02. The highest BCUT2D eigenvalue weighted by atomic mass is 16.5. The number of fused-ring (bicyclic) bond motifs is 4. The molecule has 184 valence electrons. The van der Waals surface area contributed by atoms with Crippen molar-refractivity contribution in [1.82, 2.24) is 0 Å². The minimum atomic E-state index is -1.04. The van der Waals surface area contributed by atoms with Gasteiger partial charge < -0.3 is 35.6 Å². The summed E-state index contributed by atoms with van der Waals surface area (Å²) in [5.41, 5.74) is 10.6. The van der Waals surface area contributed by atoms with Crippen LogP contribution in [0.4, 0.5) is 0 Å². The van der Waals surface area contributed by atoms with Crippen molar-refractivity contribution in [2.24, 2.45) is 16.5 Å². The number of aliphatic hydroxyl groups excluding tert-OH is 1. The summed E-state index contributed by atoms with van der Waals surface area (Å²) in [7, 11) is 0. The van der Waals surface area contributed by atoms with Gasteiger partial charge in [-0.15, -0.1) is 0 Å². The summed E-state index contributed by atoms with van der Waals surface area (Å²) in [5.74, 6) is 1.11. The van der Waals surface area contributed by atoms with Crippen LogP contribution in [0.5, 0.6) is 11.5 Å². The Morgan fingerprint density at radius 1 is 1.26 bits per heavy atom. The lowest BCUT2D eigenvalue weighted by atomic mass is 9.74. The van der Waals surface area contributed by atoms with E-state index < -0.39 is 17.8 Å². The smallest absolute Gasteiger partial charge is 0.196 e. The molecule has 4 atom stereocenters. The minimum absolute atomic E-state index is 0.0297. The predicted molar refractivity (Wildman–Crippen MR) is 127 cm³/mol. The van der Waals surface area contributed by atoms with Crippen LogP contribution in [0.1, 0.15) is 81.6 Å². The number of nitrogens with two attached hydrogens (primary N) is 2. The van der Waals surface area contributed by atoms with E-state index in [4.69, 9.17) is 25.4 Å². The van der Waals surface area contributed by atoms with Crippen LogP contribution in [0.25, 0.3) is 11.0 Å². The highest BCUT2D eigenvalue weighted by molar-refractivity contribution is 5.88. The summed E-state index contributed by atoms with van der Waals surface area (Å²) in [6.45, 7) is 2.01. The Morgan fingerprint density at radius 3 is 2.76 bits per heavy atom. The zero-order valence-electron chi connectivity index (χ0n) is 19.5. The maximum atomic E-state index is 13.4. The van der Waals surface area contributed by atoms with E-state index in [1.807, 2.05) is 0 Å². The second-order valence-corrected chi connectivity index (χ2v) is 10.0. The van der Waals surface area contributed by atoms with Crippen LogP contribution in [-0.4, -0.2) is 40.5 Å². The van der Waals surface area contributed by atoms with Crippen molar-refractivity contribution in [2.75, 3.05) is 6.54 Å². The van der Waals surface area contributed by atoms with Gasteiger partial charge in [-0.3, -0.25) is 9.79 Å². The second-order valence-electron chi connectivity index (χ2n) is 10.0. The summed E-state index contributed by atoms with van der Waals surface area (Å²) in [6.07, 6.45) is 5.22. The zero-order chi connectivity index (χ0) is 24.0. The molecule has 9 heteroatoms. The molecule has 5 rings (SSSR count). The first-order valence-electron chi connectivity index (χ1n) is 12.2. The summed E-state index contributed by atoms with van der Waals surface area (Å²) < 4.78 is 18.8. The van der Waals surface area contributed by atoms with E-state index in [1.165, 1.54) is 6.07 Å². The first-order valence-corrected chi connectivity index (χ1v) is 12.2. The fourth-order valence-corrected chi connectivity index (χ4v) is 5.71. The van der Waals surface area contributed by atoms with Gasteiger partial charge in [0.1, 0.15) is 40.4 Å². The number of aliphatic imine (C=N–C) groups is 1. The fraction of sp³-hybridized carbons (Fsp3) is 0.600. The molecule has 2 aliphatic carbocycles. The van der Waals surface area contributed by atoms with E-state index in [0.29, 0.717) is 28.9 Å². The van der Waals surface area contributed by atoms with Crippen LogP contribution < -0.4 is 26.4 Å². The number of hydrogen-bond acceptors (Lipinski definition) is 7. The molecule has 2 saturated carbocycles. The Bertz CT molecular complexity index is 1160. The van der Waals surface area contributed by atoms with Crippen LogP contribution in [0.15, 0.2) is 26.3 Å². The Labute approximate surface area is 197 Å². The normalized spacial score (nSPS) is 27.1. The van der Waals surface area contributed by atoms with Crippen molar-refractivity contribution in [3.8, 4) is 11.5 Å². The first-order chi connectivity index (χ1) is 16.2. The Kier molecular flexibility index (Phi) is 5.93. The molecule has 0 amide bonds. The van der Waals surface area contributed by atoms with Crippen molar-refractivity contribution in [3.63, 3.8) is 0 Å². The van der Waals surface area contributed by atoms with Gasteiger partial charge in [-0.1, -0.05) is 0 Å². The predicted octanol–water partition coefficient (Wildman–Crippen LogP) is 2.59. The molecule has 0 radical (unpaired) electrons. The molecular weight excluding hydrogens is 438 g/mol. The third-order valence-electron chi connectivity index (χ3n) is 7.41. The molecule has 1 aliphatic heterocycles. The van der Waals surface area contributed by atoms with Crippen molar-refractivity contribution in [1.29, 1.82) is 0 Å². The zero-order valence-corrected chi connectivity index (χ0v) is 19.5. The van der Waals surface area contributed by atoms with Crippen molar-refractivity contribution in [2.45, 2.75) is 88.1 Å². The molecule has 2 heterocycles. The van der Waals surface area contributed by atoms with Gasteiger partial charge in [-0.25, -0.2) is 0 Å². The molecular formula is C25H33N3O6. The van der Waals surface area contributed by atoms with Crippen LogP contribution >= 0.6 is 0 Å². The van der Waals surface area contributed by atoms with Gasteiger partial charge in [0, 0.05) is 36.6 Å². The van der Waals surface area contributed by atoms with Gasteiger partial charge in [0.2, 0.25) is 0 Å². The number of ether oxygens (including phenoxy) is 2. The molecule has 1 aromatic carbocycles. The molecule has 34 heavy (non-hydrogen) atoms. The lowest BCUT2D eigenvalue weighted by molar-refractivity contribution is -0.0725. The van der Waals surface area contributed by atoms with E-state index in [9.17, 15) is 15.0 Å². The molecule has 0 spiro atoms. The highest BCUT2D eigenvalue weighted by Gasteiger charge is 2.50. The summed E-state index contributed by atoms with van der Waals surface area (Å²) in [5, 5.41) is 21.9. The van der Waals surface area contributed by atoms with Gasteiger partial charge in [0.05, 0.1) is 11.7 Å². The molecule has 2 aromatic rings.